The van der Waals surface area contributed by atoms with Gasteiger partial charge in [0.15, 0.2) is 5.13 Å². The second kappa shape index (κ2) is 6.13. The van der Waals surface area contributed by atoms with Crippen LogP contribution in [-0.2, 0) is 10.0 Å². The standard InChI is InChI=1S/C10H18N6O3S2/c11-6-1-3-16(5-6)10-15-8(12)7(20-10)9(17)14-2-4-21(13,18)19/h6H,1-5,11-12H2,(H,14,17)(H2,13,18,19). The van der Waals surface area contributed by atoms with Gasteiger partial charge in [-0.15, -0.1) is 0 Å². The van der Waals surface area contributed by atoms with E-state index in [9.17, 15) is 13.2 Å². The average molecular weight is 334 g/mol. The van der Waals surface area contributed by atoms with E-state index in [1.807, 2.05) is 4.90 Å². The molecular formula is C10H18N6O3S2. The van der Waals surface area contributed by atoms with E-state index in [2.05, 4.69) is 10.3 Å². The molecule has 21 heavy (non-hydrogen) atoms. The summed E-state index contributed by atoms with van der Waals surface area (Å²) < 4.78 is 21.6. The van der Waals surface area contributed by atoms with Crippen molar-refractivity contribution >= 4 is 38.2 Å². The quantitative estimate of drug-likeness (QED) is 0.498. The first kappa shape index (κ1) is 15.9. The predicted molar refractivity (Wildman–Crippen MR) is 81.6 cm³/mol. The van der Waals surface area contributed by atoms with E-state index < -0.39 is 15.9 Å². The van der Waals surface area contributed by atoms with Gasteiger partial charge in [-0.3, -0.25) is 4.79 Å². The van der Waals surface area contributed by atoms with Crippen LogP contribution in [0.2, 0.25) is 0 Å². The highest BCUT2D eigenvalue weighted by atomic mass is 32.2. The second-order valence-corrected chi connectivity index (χ2v) is 7.54. The maximum atomic E-state index is 11.9. The molecule has 118 valence electrons. The van der Waals surface area contributed by atoms with Crippen molar-refractivity contribution < 1.29 is 13.2 Å². The first-order valence-electron chi connectivity index (χ1n) is 6.32. The van der Waals surface area contributed by atoms with E-state index in [0.717, 1.165) is 13.0 Å². The first-order chi connectivity index (χ1) is 9.76. The summed E-state index contributed by atoms with van der Waals surface area (Å²) >= 11 is 1.17. The van der Waals surface area contributed by atoms with Crippen molar-refractivity contribution in [1.29, 1.82) is 0 Å². The van der Waals surface area contributed by atoms with Gasteiger partial charge in [-0.25, -0.2) is 18.5 Å². The van der Waals surface area contributed by atoms with Crippen LogP contribution in [0.3, 0.4) is 0 Å². The Balaban J connectivity index is 2.00. The van der Waals surface area contributed by atoms with Crippen molar-refractivity contribution in [3.63, 3.8) is 0 Å². The van der Waals surface area contributed by atoms with Crippen LogP contribution in [0, 0.1) is 0 Å². The normalized spacial score (nSPS) is 19.0. The number of thiazole rings is 1. The molecule has 11 heteroatoms. The van der Waals surface area contributed by atoms with E-state index in [1.165, 1.54) is 11.3 Å². The van der Waals surface area contributed by atoms with E-state index in [4.69, 9.17) is 16.6 Å². The fourth-order valence-electron chi connectivity index (χ4n) is 1.97. The minimum atomic E-state index is -3.61. The molecule has 9 nitrogen and oxygen atoms in total. The van der Waals surface area contributed by atoms with Gasteiger partial charge in [0.25, 0.3) is 5.91 Å². The lowest BCUT2D eigenvalue weighted by Gasteiger charge is -2.12. The summed E-state index contributed by atoms with van der Waals surface area (Å²) in [6.07, 6.45) is 0.870. The molecule has 1 amide bonds. The highest BCUT2D eigenvalue weighted by Gasteiger charge is 2.24. The maximum Gasteiger partial charge on any atom is 0.265 e. The number of aromatic nitrogens is 1. The molecule has 1 saturated heterocycles. The van der Waals surface area contributed by atoms with Crippen molar-refractivity contribution in [3.05, 3.63) is 4.88 Å². The molecule has 1 unspecified atom stereocenters. The van der Waals surface area contributed by atoms with Crippen molar-refractivity contribution in [1.82, 2.24) is 10.3 Å². The average Bonchev–Trinajstić information content (AvgIpc) is 2.93. The molecule has 0 radical (unpaired) electrons. The molecule has 1 aliphatic heterocycles. The molecular weight excluding hydrogens is 316 g/mol. The van der Waals surface area contributed by atoms with Crippen LogP contribution >= 0.6 is 11.3 Å². The smallest absolute Gasteiger partial charge is 0.265 e. The Labute approximate surface area is 126 Å². The van der Waals surface area contributed by atoms with Crippen LogP contribution in [0.4, 0.5) is 10.9 Å². The number of amides is 1. The zero-order valence-electron chi connectivity index (χ0n) is 11.3. The van der Waals surface area contributed by atoms with Gasteiger partial charge in [-0.05, 0) is 6.42 Å². The number of nitrogens with two attached hydrogens (primary N) is 3. The van der Waals surface area contributed by atoms with Crippen LogP contribution in [-0.4, -0.2) is 50.7 Å². The largest absolute Gasteiger partial charge is 0.382 e. The summed E-state index contributed by atoms with van der Waals surface area (Å²) in [6, 6.07) is 0.0992. The Hall–Kier alpha value is -1.43. The van der Waals surface area contributed by atoms with Gasteiger partial charge in [0.1, 0.15) is 10.7 Å². The third-order valence-electron chi connectivity index (χ3n) is 3.02. The molecule has 1 aromatic heterocycles. The van der Waals surface area contributed by atoms with Crippen molar-refractivity contribution in [2.45, 2.75) is 12.5 Å². The number of carbonyl (C=O) groups excluding carboxylic acids is 1. The Kier molecular flexibility index (Phi) is 4.66. The Morgan fingerprint density at radius 3 is 2.81 bits per heavy atom. The molecule has 0 aromatic carbocycles. The number of sulfonamides is 1. The number of nitrogens with zero attached hydrogens (tertiary/aromatic N) is 2. The van der Waals surface area contributed by atoms with Crippen molar-refractivity contribution in [2.75, 3.05) is 36.0 Å². The zero-order valence-corrected chi connectivity index (χ0v) is 12.9. The number of carbonyl (C=O) groups is 1. The molecule has 2 heterocycles. The molecule has 0 saturated carbocycles. The van der Waals surface area contributed by atoms with Gasteiger partial charge in [-0.2, -0.15) is 0 Å². The zero-order chi connectivity index (χ0) is 15.6. The second-order valence-electron chi connectivity index (χ2n) is 4.83. The molecule has 1 fully saturated rings. The minimum absolute atomic E-state index is 0.0705. The van der Waals surface area contributed by atoms with Crippen LogP contribution in [0.25, 0.3) is 0 Å². The lowest BCUT2D eigenvalue weighted by atomic mass is 10.3. The van der Waals surface area contributed by atoms with Gasteiger partial charge in [0.2, 0.25) is 10.0 Å². The lowest BCUT2D eigenvalue weighted by molar-refractivity contribution is 0.0961. The summed E-state index contributed by atoms with van der Waals surface area (Å²) in [5.41, 5.74) is 11.6. The van der Waals surface area contributed by atoms with Crippen LogP contribution in [0.5, 0.6) is 0 Å². The topological polar surface area (TPSA) is 157 Å². The number of primary sulfonamides is 1. The summed E-state index contributed by atoms with van der Waals surface area (Å²) in [4.78, 5) is 18.4. The molecule has 7 N–H and O–H groups in total. The molecule has 1 atom stereocenters. The van der Waals surface area contributed by atoms with Gasteiger partial charge < -0.3 is 21.7 Å². The number of hydrogen-bond acceptors (Lipinski definition) is 8. The predicted octanol–water partition coefficient (Wildman–Crippen LogP) is -1.72. The van der Waals surface area contributed by atoms with Crippen LogP contribution in [0.15, 0.2) is 0 Å². The maximum absolute atomic E-state index is 11.9. The summed E-state index contributed by atoms with van der Waals surface area (Å²) in [5, 5.41) is 7.97. The SMILES string of the molecule is Nc1nc(N2CCC(N)C2)sc1C(=O)NCCS(N)(=O)=O. The number of anilines is 2. The lowest BCUT2D eigenvalue weighted by Crippen LogP contribution is -2.31. The van der Waals surface area contributed by atoms with Crippen molar-refractivity contribution in [2.24, 2.45) is 10.9 Å². The van der Waals surface area contributed by atoms with Gasteiger partial charge in [0.05, 0.1) is 5.75 Å². The van der Waals surface area contributed by atoms with Crippen LogP contribution < -0.4 is 26.8 Å². The summed E-state index contributed by atoms with van der Waals surface area (Å²) in [7, 11) is -3.61. The Bertz CT molecular complexity index is 629. The number of hydrogen-bond donors (Lipinski definition) is 4. The van der Waals surface area contributed by atoms with Crippen molar-refractivity contribution in [3.8, 4) is 0 Å². The highest BCUT2D eigenvalue weighted by molar-refractivity contribution is 7.89. The third kappa shape index (κ3) is 4.27. The fourth-order valence-corrected chi connectivity index (χ4v) is 3.29. The van der Waals surface area contributed by atoms with E-state index in [0.29, 0.717) is 11.7 Å². The monoisotopic (exact) mass is 334 g/mol. The molecule has 2 rings (SSSR count). The van der Waals surface area contributed by atoms with Crippen LogP contribution in [0.1, 0.15) is 16.1 Å². The summed E-state index contributed by atoms with van der Waals surface area (Å²) in [6.45, 7) is 1.39. The molecule has 0 spiro atoms. The Morgan fingerprint density at radius 1 is 1.52 bits per heavy atom. The van der Waals surface area contributed by atoms with E-state index in [-0.39, 0.29) is 29.0 Å². The number of rotatable bonds is 5. The number of nitrogen functional groups attached to an aromatic ring is 1. The highest BCUT2D eigenvalue weighted by Crippen LogP contribution is 2.30. The van der Waals surface area contributed by atoms with Gasteiger partial charge in [0, 0.05) is 25.7 Å². The van der Waals surface area contributed by atoms with Gasteiger partial charge >= 0.3 is 0 Å². The molecule has 1 aromatic rings. The Morgan fingerprint density at radius 2 is 2.24 bits per heavy atom. The summed E-state index contributed by atoms with van der Waals surface area (Å²) in [5.74, 6) is -0.655. The molecule has 0 aliphatic carbocycles. The fraction of sp³-hybridized carbons (Fsp3) is 0.600. The van der Waals surface area contributed by atoms with E-state index in [1.54, 1.807) is 0 Å². The molecule has 0 bridgehead atoms. The minimum Gasteiger partial charge on any atom is -0.382 e. The van der Waals surface area contributed by atoms with Gasteiger partial charge in [-0.1, -0.05) is 11.3 Å². The first-order valence-corrected chi connectivity index (χ1v) is 8.85. The number of nitrogens with one attached hydrogen (secondary N) is 1. The van der Waals surface area contributed by atoms with E-state index >= 15 is 0 Å². The third-order valence-corrected chi connectivity index (χ3v) is 4.92. The molecule has 1 aliphatic rings.